The van der Waals surface area contributed by atoms with Crippen molar-refractivity contribution in [3.05, 3.63) is 0 Å². The number of carboxylic acid groups (broad SMARTS) is 1. The molecule has 0 saturated carbocycles. The fraction of sp³-hybridized carbons (Fsp3) is 0.889. The van der Waals surface area contributed by atoms with Crippen molar-refractivity contribution in [1.29, 1.82) is 0 Å². The second-order valence-electron chi connectivity index (χ2n) is 3.48. The Labute approximate surface area is 74.0 Å². The minimum Gasteiger partial charge on any atom is -0.480 e. The molecule has 0 aromatic carbocycles. The summed E-state index contributed by atoms with van der Waals surface area (Å²) in [5.41, 5.74) is 4.64. The lowest BCUT2D eigenvalue weighted by Gasteiger charge is -2.28. The Morgan fingerprint density at radius 1 is 1.58 bits per heavy atom. The van der Waals surface area contributed by atoms with Crippen molar-refractivity contribution in [3.63, 3.8) is 0 Å². The summed E-state index contributed by atoms with van der Waals surface area (Å²) in [6.45, 7) is 5.62. The molecule has 3 N–H and O–H groups in total. The van der Waals surface area contributed by atoms with Gasteiger partial charge in [0.2, 0.25) is 0 Å². The average molecular weight is 173 g/mol. The predicted octanol–water partition coefficient (Wildman–Crippen LogP) is 1.61. The number of hydrogen-bond donors (Lipinski definition) is 2. The van der Waals surface area contributed by atoms with E-state index in [1.54, 1.807) is 6.92 Å². The van der Waals surface area contributed by atoms with Crippen LogP contribution in [0.3, 0.4) is 0 Å². The lowest BCUT2D eigenvalue weighted by atomic mass is 9.81. The van der Waals surface area contributed by atoms with Crippen LogP contribution in [0.25, 0.3) is 0 Å². The number of hydrogen-bond acceptors (Lipinski definition) is 2. The molecule has 0 rings (SSSR count). The third-order valence-electron chi connectivity index (χ3n) is 2.44. The molecule has 0 aliphatic heterocycles. The van der Waals surface area contributed by atoms with Gasteiger partial charge >= 0.3 is 5.97 Å². The van der Waals surface area contributed by atoms with Gasteiger partial charge in [0.25, 0.3) is 0 Å². The van der Waals surface area contributed by atoms with Crippen molar-refractivity contribution < 1.29 is 9.90 Å². The summed E-state index contributed by atoms with van der Waals surface area (Å²) in [5, 5.41) is 8.84. The minimum absolute atomic E-state index is 0.0833. The van der Waals surface area contributed by atoms with Crippen molar-refractivity contribution in [2.45, 2.75) is 45.6 Å². The summed E-state index contributed by atoms with van der Waals surface area (Å²) >= 11 is 0. The molecular formula is C9H19NO2. The Morgan fingerprint density at radius 2 is 2.08 bits per heavy atom. The van der Waals surface area contributed by atoms with E-state index in [2.05, 4.69) is 0 Å². The van der Waals surface area contributed by atoms with E-state index in [0.717, 1.165) is 19.3 Å². The number of aliphatic carboxylic acids is 1. The summed E-state index contributed by atoms with van der Waals surface area (Å²) in [7, 11) is 0. The maximum Gasteiger partial charge on any atom is 0.323 e. The monoisotopic (exact) mass is 173 g/mol. The Morgan fingerprint density at radius 3 is 2.33 bits per heavy atom. The molecule has 0 fully saturated rings. The van der Waals surface area contributed by atoms with Gasteiger partial charge in [-0.1, -0.05) is 26.7 Å². The van der Waals surface area contributed by atoms with Gasteiger partial charge in [-0.15, -0.1) is 0 Å². The van der Waals surface area contributed by atoms with Crippen molar-refractivity contribution in [2.24, 2.45) is 11.7 Å². The first-order valence-electron chi connectivity index (χ1n) is 4.49. The van der Waals surface area contributed by atoms with E-state index in [-0.39, 0.29) is 5.92 Å². The molecule has 0 saturated heterocycles. The molecule has 2 unspecified atom stereocenters. The Hall–Kier alpha value is -0.570. The Kier molecular flexibility index (Phi) is 4.24. The highest BCUT2D eigenvalue weighted by atomic mass is 16.4. The van der Waals surface area contributed by atoms with Crippen molar-refractivity contribution >= 4 is 5.97 Å². The molecule has 72 valence electrons. The molecule has 3 heteroatoms. The molecule has 0 heterocycles. The molecule has 0 aliphatic rings. The first-order valence-corrected chi connectivity index (χ1v) is 4.49. The predicted molar refractivity (Wildman–Crippen MR) is 48.9 cm³/mol. The summed E-state index contributed by atoms with van der Waals surface area (Å²) < 4.78 is 0. The van der Waals surface area contributed by atoms with Gasteiger partial charge in [0.15, 0.2) is 0 Å². The topological polar surface area (TPSA) is 63.3 Å². The number of nitrogens with two attached hydrogens (primary N) is 1. The van der Waals surface area contributed by atoms with Crippen LogP contribution < -0.4 is 5.73 Å². The van der Waals surface area contributed by atoms with Gasteiger partial charge in [0, 0.05) is 0 Å². The quantitative estimate of drug-likeness (QED) is 0.664. The first-order chi connectivity index (χ1) is 5.46. The molecule has 2 atom stereocenters. The van der Waals surface area contributed by atoms with E-state index in [1.807, 2.05) is 13.8 Å². The van der Waals surface area contributed by atoms with E-state index < -0.39 is 11.5 Å². The van der Waals surface area contributed by atoms with Crippen LogP contribution in [0, 0.1) is 5.92 Å². The highest BCUT2D eigenvalue weighted by molar-refractivity contribution is 5.78. The number of carboxylic acids is 1. The lowest BCUT2D eigenvalue weighted by molar-refractivity contribution is -0.145. The average Bonchev–Trinajstić information content (AvgIpc) is 1.99. The molecule has 0 amide bonds. The molecule has 0 spiro atoms. The highest BCUT2D eigenvalue weighted by Gasteiger charge is 2.35. The van der Waals surface area contributed by atoms with E-state index in [9.17, 15) is 4.79 Å². The summed E-state index contributed by atoms with van der Waals surface area (Å²) in [4.78, 5) is 10.8. The van der Waals surface area contributed by atoms with E-state index in [0.29, 0.717) is 0 Å². The van der Waals surface area contributed by atoms with Gasteiger partial charge in [-0.3, -0.25) is 4.79 Å². The van der Waals surface area contributed by atoms with Crippen LogP contribution >= 0.6 is 0 Å². The molecule has 0 radical (unpaired) electrons. The van der Waals surface area contributed by atoms with E-state index in [1.165, 1.54) is 0 Å². The molecule has 0 aromatic heterocycles. The normalized spacial score (nSPS) is 18.3. The van der Waals surface area contributed by atoms with Crippen LogP contribution in [0.1, 0.15) is 40.0 Å². The zero-order chi connectivity index (χ0) is 9.78. The second-order valence-corrected chi connectivity index (χ2v) is 3.48. The van der Waals surface area contributed by atoms with Crippen LogP contribution in [0.4, 0.5) is 0 Å². The molecule has 0 bridgehead atoms. The van der Waals surface area contributed by atoms with Gasteiger partial charge < -0.3 is 10.8 Å². The zero-order valence-corrected chi connectivity index (χ0v) is 8.13. The third kappa shape index (κ3) is 2.48. The third-order valence-corrected chi connectivity index (χ3v) is 2.44. The van der Waals surface area contributed by atoms with Crippen LogP contribution in [-0.2, 0) is 4.79 Å². The van der Waals surface area contributed by atoms with E-state index >= 15 is 0 Å². The van der Waals surface area contributed by atoms with Crippen molar-refractivity contribution in [3.8, 4) is 0 Å². The van der Waals surface area contributed by atoms with Gasteiger partial charge in [-0.2, -0.15) is 0 Å². The van der Waals surface area contributed by atoms with Crippen LogP contribution in [-0.4, -0.2) is 16.6 Å². The maximum absolute atomic E-state index is 10.8. The first kappa shape index (κ1) is 11.4. The number of carbonyl (C=O) groups is 1. The van der Waals surface area contributed by atoms with Crippen LogP contribution in [0.15, 0.2) is 0 Å². The molecule has 3 nitrogen and oxygen atoms in total. The molecular weight excluding hydrogens is 154 g/mol. The van der Waals surface area contributed by atoms with Gasteiger partial charge in [-0.05, 0) is 19.3 Å². The minimum atomic E-state index is -1.06. The lowest BCUT2D eigenvalue weighted by Crippen LogP contribution is -2.51. The highest BCUT2D eigenvalue weighted by Crippen LogP contribution is 2.23. The largest absolute Gasteiger partial charge is 0.480 e. The fourth-order valence-electron chi connectivity index (χ4n) is 1.45. The standard InChI is InChI=1S/C9H19NO2/c1-4-6-7(5-2)9(3,10)8(11)12/h7H,4-6,10H2,1-3H3,(H,11,12). The summed E-state index contributed by atoms with van der Waals surface area (Å²) in [6.07, 6.45) is 2.70. The second kappa shape index (κ2) is 4.45. The van der Waals surface area contributed by atoms with Crippen molar-refractivity contribution in [1.82, 2.24) is 0 Å². The van der Waals surface area contributed by atoms with Gasteiger partial charge in [0.1, 0.15) is 5.54 Å². The van der Waals surface area contributed by atoms with Crippen LogP contribution in [0.2, 0.25) is 0 Å². The fourth-order valence-corrected chi connectivity index (χ4v) is 1.45. The summed E-state index contributed by atoms with van der Waals surface area (Å²) in [5.74, 6) is -0.817. The zero-order valence-electron chi connectivity index (χ0n) is 8.13. The molecule has 0 aliphatic carbocycles. The van der Waals surface area contributed by atoms with E-state index in [4.69, 9.17) is 10.8 Å². The van der Waals surface area contributed by atoms with Gasteiger partial charge in [0.05, 0.1) is 0 Å². The number of rotatable bonds is 5. The Bertz CT molecular complexity index is 155. The molecule has 0 aromatic rings. The molecule has 12 heavy (non-hydrogen) atoms. The van der Waals surface area contributed by atoms with Crippen LogP contribution in [0.5, 0.6) is 0 Å². The van der Waals surface area contributed by atoms with Crippen molar-refractivity contribution in [2.75, 3.05) is 0 Å². The van der Waals surface area contributed by atoms with Gasteiger partial charge in [-0.25, -0.2) is 0 Å². The Balaban J connectivity index is 4.36. The maximum atomic E-state index is 10.8. The smallest absolute Gasteiger partial charge is 0.323 e. The summed E-state index contributed by atoms with van der Waals surface area (Å²) in [6, 6.07) is 0. The SMILES string of the molecule is CCCC(CC)C(C)(N)C(=O)O.